The number of anilines is 1. The number of carbonyl (C=O) groups excluding carboxylic acids is 1. The fourth-order valence-electron chi connectivity index (χ4n) is 1.76. The fraction of sp³-hybridized carbons (Fsp3) is 0.0714. The largest absolute Gasteiger partial charge is 0.384 e. The third kappa shape index (κ3) is 2.91. The van der Waals surface area contributed by atoms with Crippen LogP contribution >= 0.6 is 11.3 Å². The van der Waals surface area contributed by atoms with E-state index in [1.807, 2.05) is 0 Å². The predicted molar refractivity (Wildman–Crippen MR) is 80.1 cm³/mol. The van der Waals surface area contributed by atoms with Crippen molar-refractivity contribution in [1.82, 2.24) is 15.0 Å². The van der Waals surface area contributed by atoms with Crippen LogP contribution in [0.5, 0.6) is 0 Å². The van der Waals surface area contributed by atoms with Gasteiger partial charge in [0.1, 0.15) is 6.61 Å². The summed E-state index contributed by atoms with van der Waals surface area (Å²) in [5.74, 6) is 5.02. The highest BCUT2D eigenvalue weighted by atomic mass is 32.1. The van der Waals surface area contributed by atoms with E-state index >= 15 is 0 Å². The van der Waals surface area contributed by atoms with Crippen molar-refractivity contribution >= 4 is 33.4 Å². The second-order valence-corrected chi connectivity index (χ2v) is 5.11. The Morgan fingerprint density at radius 1 is 1.43 bits per heavy atom. The minimum absolute atomic E-state index is 0.205. The standard InChI is InChI=1S/C14H10N4O2S/c19-5-1-2-10-7-15-14(21-10)18-13(20)9-3-4-11-12(6-9)17-8-16-11/h3-4,6-8,19H,5H2,(H,16,17)(H,15,18,20). The molecular weight excluding hydrogens is 288 g/mol. The number of aromatic amines is 1. The lowest BCUT2D eigenvalue weighted by Crippen LogP contribution is -2.11. The minimum Gasteiger partial charge on any atom is -0.384 e. The molecule has 1 aromatic carbocycles. The summed E-state index contributed by atoms with van der Waals surface area (Å²) in [6.07, 6.45) is 3.14. The highest BCUT2D eigenvalue weighted by molar-refractivity contribution is 7.16. The zero-order chi connectivity index (χ0) is 14.7. The van der Waals surface area contributed by atoms with Gasteiger partial charge >= 0.3 is 0 Å². The average molecular weight is 298 g/mol. The lowest BCUT2D eigenvalue weighted by Gasteiger charge is -2.01. The van der Waals surface area contributed by atoms with Crippen molar-refractivity contribution in [2.45, 2.75) is 0 Å². The quantitative estimate of drug-likeness (QED) is 0.627. The van der Waals surface area contributed by atoms with Gasteiger partial charge in [0.05, 0.1) is 28.4 Å². The molecule has 0 aliphatic rings. The van der Waals surface area contributed by atoms with Crippen LogP contribution < -0.4 is 5.32 Å². The third-order valence-corrected chi connectivity index (χ3v) is 3.53. The summed E-state index contributed by atoms with van der Waals surface area (Å²) < 4.78 is 0. The molecule has 2 aromatic heterocycles. The van der Waals surface area contributed by atoms with Crippen molar-refractivity contribution in [3.8, 4) is 11.8 Å². The monoisotopic (exact) mass is 298 g/mol. The van der Waals surface area contributed by atoms with Gasteiger partial charge in [-0.05, 0) is 18.2 Å². The summed E-state index contributed by atoms with van der Waals surface area (Å²) >= 11 is 1.25. The molecule has 0 fully saturated rings. The zero-order valence-corrected chi connectivity index (χ0v) is 11.6. The lowest BCUT2D eigenvalue weighted by atomic mass is 10.2. The number of thiazole rings is 1. The van der Waals surface area contributed by atoms with Crippen molar-refractivity contribution in [3.05, 3.63) is 41.2 Å². The summed E-state index contributed by atoms with van der Waals surface area (Å²) in [5, 5.41) is 11.8. The molecule has 3 N–H and O–H groups in total. The van der Waals surface area contributed by atoms with Crippen LogP contribution in [0.15, 0.2) is 30.7 Å². The van der Waals surface area contributed by atoms with Gasteiger partial charge in [0, 0.05) is 5.56 Å². The molecule has 3 aromatic rings. The van der Waals surface area contributed by atoms with Crippen molar-refractivity contribution in [2.75, 3.05) is 11.9 Å². The first kappa shape index (κ1) is 13.3. The zero-order valence-electron chi connectivity index (χ0n) is 10.8. The maximum absolute atomic E-state index is 12.1. The number of hydrogen-bond acceptors (Lipinski definition) is 5. The van der Waals surface area contributed by atoms with Crippen LogP contribution in [0, 0.1) is 11.8 Å². The number of fused-ring (bicyclic) bond motifs is 1. The molecule has 104 valence electrons. The lowest BCUT2D eigenvalue weighted by molar-refractivity contribution is 0.102. The predicted octanol–water partition coefficient (Wildman–Crippen LogP) is 1.62. The number of imidazole rings is 1. The summed E-state index contributed by atoms with van der Waals surface area (Å²) in [5.41, 5.74) is 2.13. The topological polar surface area (TPSA) is 90.9 Å². The van der Waals surface area contributed by atoms with Crippen LogP contribution in [-0.4, -0.2) is 32.6 Å². The second-order valence-electron chi connectivity index (χ2n) is 4.08. The van der Waals surface area contributed by atoms with Crippen LogP contribution in [0.25, 0.3) is 11.0 Å². The summed E-state index contributed by atoms with van der Waals surface area (Å²) in [6, 6.07) is 5.22. The molecule has 0 saturated carbocycles. The first-order valence-corrected chi connectivity index (χ1v) is 6.88. The van der Waals surface area contributed by atoms with Crippen molar-refractivity contribution in [1.29, 1.82) is 0 Å². The third-order valence-electron chi connectivity index (χ3n) is 2.70. The molecular formula is C14H10N4O2S. The number of benzene rings is 1. The number of hydrogen-bond donors (Lipinski definition) is 3. The van der Waals surface area contributed by atoms with Gasteiger partial charge in [0.25, 0.3) is 5.91 Å². The Morgan fingerprint density at radius 3 is 3.19 bits per heavy atom. The Balaban J connectivity index is 1.77. The molecule has 2 heterocycles. The van der Waals surface area contributed by atoms with Gasteiger partial charge in [-0.1, -0.05) is 23.2 Å². The van der Waals surface area contributed by atoms with E-state index in [9.17, 15) is 4.79 Å². The fourth-order valence-corrected chi connectivity index (χ4v) is 2.45. The molecule has 0 saturated heterocycles. The first-order valence-electron chi connectivity index (χ1n) is 6.06. The minimum atomic E-state index is -0.248. The van der Waals surface area contributed by atoms with E-state index in [0.29, 0.717) is 15.6 Å². The van der Waals surface area contributed by atoms with Crippen LogP contribution in [0.2, 0.25) is 0 Å². The molecule has 0 unspecified atom stereocenters. The highest BCUT2D eigenvalue weighted by Crippen LogP contribution is 2.19. The van der Waals surface area contributed by atoms with Crippen molar-refractivity contribution < 1.29 is 9.90 Å². The van der Waals surface area contributed by atoms with Crippen molar-refractivity contribution in [2.24, 2.45) is 0 Å². The molecule has 0 atom stereocenters. The summed E-state index contributed by atoms with van der Waals surface area (Å²) in [4.78, 5) is 24.0. The first-order chi connectivity index (χ1) is 10.3. The molecule has 0 spiro atoms. The normalized spacial score (nSPS) is 10.1. The van der Waals surface area contributed by atoms with E-state index in [0.717, 1.165) is 11.0 Å². The Morgan fingerprint density at radius 2 is 2.33 bits per heavy atom. The number of amides is 1. The average Bonchev–Trinajstić information content (AvgIpc) is 3.12. The maximum atomic E-state index is 12.1. The van der Waals surface area contributed by atoms with E-state index < -0.39 is 0 Å². The van der Waals surface area contributed by atoms with Crippen LogP contribution in [0.3, 0.4) is 0 Å². The molecule has 21 heavy (non-hydrogen) atoms. The van der Waals surface area contributed by atoms with E-state index in [1.54, 1.807) is 30.7 Å². The van der Waals surface area contributed by atoms with E-state index in [1.165, 1.54) is 11.3 Å². The molecule has 0 aliphatic carbocycles. The maximum Gasteiger partial charge on any atom is 0.257 e. The number of nitrogens with one attached hydrogen (secondary N) is 2. The second kappa shape index (κ2) is 5.75. The summed E-state index contributed by atoms with van der Waals surface area (Å²) in [6.45, 7) is -0.205. The number of aliphatic hydroxyl groups excluding tert-OH is 1. The SMILES string of the molecule is O=C(Nc1ncc(C#CCO)s1)c1ccc2nc[nH]c2c1. The van der Waals surface area contributed by atoms with E-state index in [4.69, 9.17) is 5.11 Å². The Labute approximate surface area is 123 Å². The number of carbonyl (C=O) groups is 1. The number of rotatable bonds is 2. The molecule has 0 radical (unpaired) electrons. The number of aliphatic hydroxyl groups is 1. The van der Waals surface area contributed by atoms with Gasteiger partial charge in [-0.25, -0.2) is 9.97 Å². The van der Waals surface area contributed by atoms with Gasteiger partial charge in [-0.15, -0.1) is 0 Å². The summed E-state index contributed by atoms with van der Waals surface area (Å²) in [7, 11) is 0. The molecule has 6 nitrogen and oxygen atoms in total. The van der Waals surface area contributed by atoms with Crippen molar-refractivity contribution in [3.63, 3.8) is 0 Å². The van der Waals surface area contributed by atoms with Gasteiger partial charge in [0.2, 0.25) is 0 Å². The Kier molecular flexibility index (Phi) is 3.64. The van der Waals surface area contributed by atoms with Crippen LogP contribution in [-0.2, 0) is 0 Å². The van der Waals surface area contributed by atoms with Gasteiger partial charge in [-0.3, -0.25) is 10.1 Å². The van der Waals surface area contributed by atoms with Crippen LogP contribution in [0.4, 0.5) is 5.13 Å². The highest BCUT2D eigenvalue weighted by Gasteiger charge is 2.10. The van der Waals surface area contributed by atoms with Gasteiger partial charge < -0.3 is 10.1 Å². The Bertz CT molecular complexity index is 856. The van der Waals surface area contributed by atoms with E-state index in [2.05, 4.69) is 32.1 Å². The molecule has 0 aliphatic heterocycles. The number of aromatic nitrogens is 3. The number of H-pyrrole nitrogens is 1. The smallest absolute Gasteiger partial charge is 0.257 e. The van der Waals surface area contributed by atoms with Crippen LogP contribution in [0.1, 0.15) is 15.2 Å². The Hall–Kier alpha value is -2.69. The number of nitrogens with zero attached hydrogens (tertiary/aromatic N) is 2. The molecule has 1 amide bonds. The molecule has 7 heteroatoms. The molecule has 3 rings (SSSR count). The molecule has 0 bridgehead atoms. The van der Waals surface area contributed by atoms with Gasteiger partial charge in [0.15, 0.2) is 5.13 Å². The van der Waals surface area contributed by atoms with Gasteiger partial charge in [-0.2, -0.15) is 0 Å². The van der Waals surface area contributed by atoms with E-state index in [-0.39, 0.29) is 12.5 Å².